The third-order valence-electron chi connectivity index (χ3n) is 5.62. The lowest BCUT2D eigenvalue weighted by atomic mass is 10.1. The van der Waals surface area contributed by atoms with Crippen LogP contribution in [0, 0.1) is 5.92 Å². The van der Waals surface area contributed by atoms with Crippen molar-refractivity contribution in [3.8, 4) is 0 Å². The molecule has 1 fully saturated rings. The molecule has 3 aromatic rings. The molecule has 182 valence electrons. The van der Waals surface area contributed by atoms with Gasteiger partial charge in [-0.3, -0.25) is 14.6 Å². The molecule has 1 unspecified atom stereocenters. The summed E-state index contributed by atoms with van der Waals surface area (Å²) in [5, 5.41) is 8.52. The first kappa shape index (κ1) is 24.2. The van der Waals surface area contributed by atoms with E-state index in [1.54, 1.807) is 36.7 Å². The fraction of sp³-hybridized carbons (Fsp3) is 0.280. The van der Waals surface area contributed by atoms with Gasteiger partial charge in [0, 0.05) is 29.3 Å². The van der Waals surface area contributed by atoms with E-state index in [2.05, 4.69) is 25.9 Å². The largest absolute Gasteiger partial charge is 0.433 e. The van der Waals surface area contributed by atoms with E-state index in [1.807, 2.05) is 12.1 Å². The Morgan fingerprint density at radius 3 is 2.20 bits per heavy atom. The second kappa shape index (κ2) is 10.5. The Bertz CT molecular complexity index is 1150. The maximum absolute atomic E-state index is 12.9. The Balaban J connectivity index is 1.39. The van der Waals surface area contributed by atoms with Crippen molar-refractivity contribution in [1.82, 2.24) is 15.3 Å². The van der Waals surface area contributed by atoms with Gasteiger partial charge in [-0.05, 0) is 67.3 Å². The number of hydrogen-bond acceptors (Lipinski definition) is 5. The van der Waals surface area contributed by atoms with Crippen LogP contribution in [0.1, 0.15) is 41.7 Å². The summed E-state index contributed by atoms with van der Waals surface area (Å²) in [6.45, 7) is 0. The minimum atomic E-state index is -4.56. The lowest BCUT2D eigenvalue weighted by Gasteiger charge is -2.19. The quantitative estimate of drug-likeness (QED) is 0.390. The molecule has 0 radical (unpaired) electrons. The molecule has 3 N–H and O–H groups in total. The van der Waals surface area contributed by atoms with Gasteiger partial charge in [0.25, 0.3) is 5.91 Å². The van der Waals surface area contributed by atoms with Gasteiger partial charge >= 0.3 is 6.18 Å². The summed E-state index contributed by atoms with van der Waals surface area (Å²) >= 11 is 0. The first-order valence-electron chi connectivity index (χ1n) is 11.2. The third-order valence-corrected chi connectivity index (χ3v) is 5.62. The number of aromatic nitrogens is 2. The number of carbonyl (C=O) groups excluding carboxylic acids is 2. The first-order chi connectivity index (χ1) is 16.8. The van der Waals surface area contributed by atoms with Gasteiger partial charge in [-0.2, -0.15) is 13.2 Å². The monoisotopic (exact) mass is 483 g/mol. The summed E-state index contributed by atoms with van der Waals surface area (Å²) < 4.78 is 38.2. The van der Waals surface area contributed by atoms with Gasteiger partial charge in [0.05, 0.1) is 11.9 Å². The van der Waals surface area contributed by atoms with Gasteiger partial charge in [-0.15, -0.1) is 0 Å². The van der Waals surface area contributed by atoms with Crippen LogP contribution in [0.4, 0.5) is 30.2 Å². The first-order valence-corrected chi connectivity index (χ1v) is 11.2. The summed E-state index contributed by atoms with van der Waals surface area (Å²) in [5.41, 5.74) is 1.10. The molecule has 10 heteroatoms. The predicted molar refractivity (Wildman–Crippen MR) is 125 cm³/mol. The van der Waals surface area contributed by atoms with Crippen LogP contribution in [-0.4, -0.2) is 27.8 Å². The molecule has 35 heavy (non-hydrogen) atoms. The number of anilines is 3. The average Bonchev–Trinajstić information content (AvgIpc) is 3.67. The highest BCUT2D eigenvalue weighted by Gasteiger charge is 2.32. The number of nitrogens with zero attached hydrogens (tertiary/aromatic N) is 2. The molecule has 0 spiro atoms. The van der Waals surface area contributed by atoms with Crippen LogP contribution < -0.4 is 16.0 Å². The van der Waals surface area contributed by atoms with Crippen molar-refractivity contribution in [3.63, 3.8) is 0 Å². The fourth-order valence-electron chi connectivity index (χ4n) is 3.49. The summed E-state index contributed by atoms with van der Waals surface area (Å²) in [6, 6.07) is 11.5. The SMILES string of the molecule is O=C(NC(CCC1CC1)C(=O)Nc1ccc(C(F)(F)F)nc1)c1ccc(Nc2ccncc2)cc1. The Morgan fingerprint density at radius 1 is 0.943 bits per heavy atom. The number of amides is 2. The Hall–Kier alpha value is -3.95. The van der Waals surface area contributed by atoms with Crippen molar-refractivity contribution in [1.29, 1.82) is 0 Å². The third kappa shape index (κ3) is 7.02. The molecule has 1 aliphatic carbocycles. The standard InChI is InChI=1S/C25H24F3N5O2/c26-25(27,28)22-10-8-20(15-30-22)32-24(35)21(9-3-16-1-2-16)33-23(34)17-4-6-18(7-5-17)31-19-11-13-29-14-12-19/h4-8,10-16,21H,1-3,9H2,(H,29,31)(H,32,35)(H,33,34). The van der Waals surface area contributed by atoms with Gasteiger partial charge in [0.2, 0.25) is 5.91 Å². The van der Waals surface area contributed by atoms with E-state index in [4.69, 9.17) is 0 Å². The van der Waals surface area contributed by atoms with Crippen LogP contribution in [0.5, 0.6) is 0 Å². The molecule has 1 atom stereocenters. The Morgan fingerprint density at radius 2 is 1.60 bits per heavy atom. The molecular weight excluding hydrogens is 459 g/mol. The van der Waals surface area contributed by atoms with E-state index in [1.165, 1.54) is 0 Å². The minimum Gasteiger partial charge on any atom is -0.355 e. The number of nitrogens with one attached hydrogen (secondary N) is 3. The fourth-order valence-corrected chi connectivity index (χ4v) is 3.49. The van der Waals surface area contributed by atoms with E-state index in [0.29, 0.717) is 17.9 Å². The molecule has 7 nitrogen and oxygen atoms in total. The van der Waals surface area contributed by atoms with E-state index < -0.39 is 29.7 Å². The highest BCUT2D eigenvalue weighted by molar-refractivity contribution is 6.01. The van der Waals surface area contributed by atoms with Gasteiger partial charge in [-0.25, -0.2) is 4.98 Å². The topological polar surface area (TPSA) is 96.0 Å². The van der Waals surface area contributed by atoms with E-state index in [9.17, 15) is 22.8 Å². The number of halogens is 3. The summed E-state index contributed by atoms with van der Waals surface area (Å²) in [4.78, 5) is 33.0. The molecule has 0 bridgehead atoms. The molecule has 0 saturated heterocycles. The summed E-state index contributed by atoms with van der Waals surface area (Å²) in [6.07, 6.45) is 3.11. The normalized spacial score (nSPS) is 14.1. The smallest absolute Gasteiger partial charge is 0.355 e. The number of rotatable bonds is 9. The van der Waals surface area contributed by atoms with Gasteiger partial charge in [0.15, 0.2) is 0 Å². The van der Waals surface area contributed by atoms with Crippen molar-refractivity contribution < 1.29 is 22.8 Å². The number of benzene rings is 1. The second-order valence-corrected chi connectivity index (χ2v) is 8.40. The van der Waals surface area contributed by atoms with Gasteiger partial charge < -0.3 is 16.0 Å². The highest BCUT2D eigenvalue weighted by atomic mass is 19.4. The number of hydrogen-bond donors (Lipinski definition) is 3. The average molecular weight is 483 g/mol. The lowest BCUT2D eigenvalue weighted by molar-refractivity contribution is -0.141. The van der Waals surface area contributed by atoms with Crippen LogP contribution in [0.3, 0.4) is 0 Å². The predicted octanol–water partition coefficient (Wildman–Crippen LogP) is 5.17. The zero-order chi connectivity index (χ0) is 24.8. The van der Waals surface area contributed by atoms with Crippen LogP contribution >= 0.6 is 0 Å². The molecule has 1 saturated carbocycles. The van der Waals surface area contributed by atoms with Crippen molar-refractivity contribution in [2.75, 3.05) is 10.6 Å². The van der Waals surface area contributed by atoms with Gasteiger partial charge in [-0.1, -0.05) is 12.8 Å². The highest BCUT2D eigenvalue weighted by Crippen LogP contribution is 2.34. The van der Waals surface area contributed by atoms with Gasteiger partial charge in [0.1, 0.15) is 11.7 Å². The lowest BCUT2D eigenvalue weighted by Crippen LogP contribution is -2.43. The number of carbonyl (C=O) groups is 2. The molecule has 2 heterocycles. The molecule has 2 amide bonds. The summed E-state index contributed by atoms with van der Waals surface area (Å²) in [5.74, 6) is -0.382. The van der Waals surface area contributed by atoms with Crippen LogP contribution in [-0.2, 0) is 11.0 Å². The maximum Gasteiger partial charge on any atom is 0.433 e. The zero-order valence-electron chi connectivity index (χ0n) is 18.7. The Labute approximate surface area is 200 Å². The minimum absolute atomic E-state index is 0.125. The van der Waals surface area contributed by atoms with Crippen LogP contribution in [0.2, 0.25) is 0 Å². The molecule has 2 aromatic heterocycles. The van der Waals surface area contributed by atoms with Crippen molar-refractivity contribution in [3.05, 3.63) is 78.4 Å². The molecule has 0 aliphatic heterocycles. The molecule has 1 aromatic carbocycles. The van der Waals surface area contributed by atoms with Crippen molar-refractivity contribution in [2.45, 2.75) is 37.9 Å². The zero-order valence-corrected chi connectivity index (χ0v) is 18.7. The Kier molecular flexibility index (Phi) is 7.28. The van der Waals surface area contributed by atoms with Crippen molar-refractivity contribution >= 4 is 28.9 Å². The molecular formula is C25H24F3N5O2. The maximum atomic E-state index is 12.9. The summed E-state index contributed by atoms with van der Waals surface area (Å²) in [7, 11) is 0. The van der Waals surface area contributed by atoms with E-state index in [-0.39, 0.29) is 5.69 Å². The van der Waals surface area contributed by atoms with Crippen LogP contribution in [0.15, 0.2) is 67.1 Å². The van der Waals surface area contributed by atoms with E-state index >= 15 is 0 Å². The second-order valence-electron chi connectivity index (χ2n) is 8.40. The molecule has 4 rings (SSSR count). The number of pyridine rings is 2. The van der Waals surface area contributed by atoms with Crippen LogP contribution in [0.25, 0.3) is 0 Å². The molecule has 1 aliphatic rings. The van der Waals surface area contributed by atoms with Crippen molar-refractivity contribution in [2.24, 2.45) is 5.92 Å². The van der Waals surface area contributed by atoms with E-state index in [0.717, 1.165) is 49.0 Å². The number of alkyl halides is 3.